The fourth-order valence-corrected chi connectivity index (χ4v) is 2.54. The number of anilines is 1. The molecule has 0 aliphatic carbocycles. The highest BCUT2D eigenvalue weighted by Gasteiger charge is 2.24. The Morgan fingerprint density at radius 2 is 2.15 bits per heavy atom. The van der Waals surface area contributed by atoms with Crippen molar-refractivity contribution >= 4 is 11.7 Å². The van der Waals surface area contributed by atoms with E-state index < -0.39 is 0 Å². The Morgan fingerprint density at radius 3 is 2.90 bits per heavy atom. The molecule has 1 saturated heterocycles. The minimum absolute atomic E-state index is 0.134. The maximum absolute atomic E-state index is 12.2. The predicted molar refractivity (Wildman–Crippen MR) is 73.0 cm³/mol. The summed E-state index contributed by atoms with van der Waals surface area (Å²) in [4.78, 5) is 14.0. The summed E-state index contributed by atoms with van der Waals surface area (Å²) in [6, 6.07) is 5.29. The van der Waals surface area contributed by atoms with Crippen LogP contribution in [0.1, 0.15) is 12.8 Å². The largest absolute Gasteiger partial charge is 0.454 e. The number of para-hydroxylation sites is 1. The Kier molecular flexibility index (Phi) is 3.64. The molecule has 6 heteroatoms. The molecule has 2 aliphatic heterocycles. The van der Waals surface area contributed by atoms with Crippen LogP contribution in [0.15, 0.2) is 18.2 Å². The van der Waals surface area contributed by atoms with Crippen molar-refractivity contribution < 1.29 is 19.4 Å². The van der Waals surface area contributed by atoms with Crippen molar-refractivity contribution in [2.24, 2.45) is 5.92 Å². The standard InChI is InChI=1S/C14H18N2O4/c17-8-10-4-6-16(7-5-10)14(18)15-11-2-1-3-12-13(11)20-9-19-12/h1-3,10,17H,4-9H2,(H,15,18). The Morgan fingerprint density at radius 1 is 1.35 bits per heavy atom. The molecule has 108 valence electrons. The molecule has 20 heavy (non-hydrogen) atoms. The summed E-state index contributed by atoms with van der Waals surface area (Å²) >= 11 is 0. The zero-order valence-corrected chi connectivity index (χ0v) is 11.2. The summed E-state index contributed by atoms with van der Waals surface area (Å²) < 4.78 is 10.6. The third kappa shape index (κ3) is 2.51. The number of urea groups is 1. The van der Waals surface area contributed by atoms with Gasteiger partial charge in [-0.05, 0) is 30.9 Å². The first kappa shape index (κ1) is 13.1. The molecular weight excluding hydrogens is 260 g/mol. The van der Waals surface area contributed by atoms with Crippen molar-refractivity contribution in [2.75, 3.05) is 31.8 Å². The van der Waals surface area contributed by atoms with Crippen LogP contribution in [0.25, 0.3) is 0 Å². The molecule has 0 spiro atoms. The van der Waals surface area contributed by atoms with E-state index in [9.17, 15) is 4.79 Å². The van der Waals surface area contributed by atoms with E-state index in [-0.39, 0.29) is 19.4 Å². The number of aliphatic hydroxyl groups excluding tert-OH is 1. The molecule has 3 rings (SSSR count). The van der Waals surface area contributed by atoms with Gasteiger partial charge in [0, 0.05) is 19.7 Å². The number of aliphatic hydroxyl groups is 1. The molecule has 0 aromatic heterocycles. The lowest BCUT2D eigenvalue weighted by Crippen LogP contribution is -2.41. The lowest BCUT2D eigenvalue weighted by atomic mass is 9.98. The van der Waals surface area contributed by atoms with Crippen LogP contribution in [0.4, 0.5) is 10.5 Å². The Hall–Kier alpha value is -1.95. The van der Waals surface area contributed by atoms with Gasteiger partial charge in [0.15, 0.2) is 11.5 Å². The molecule has 1 aromatic carbocycles. The number of rotatable bonds is 2. The van der Waals surface area contributed by atoms with Gasteiger partial charge in [-0.3, -0.25) is 0 Å². The number of likely N-dealkylation sites (tertiary alicyclic amines) is 1. The molecule has 6 nitrogen and oxygen atoms in total. The van der Waals surface area contributed by atoms with Crippen molar-refractivity contribution in [3.8, 4) is 11.5 Å². The van der Waals surface area contributed by atoms with E-state index in [4.69, 9.17) is 14.6 Å². The minimum atomic E-state index is -0.134. The molecule has 0 bridgehead atoms. The van der Waals surface area contributed by atoms with Crippen molar-refractivity contribution in [3.63, 3.8) is 0 Å². The number of benzene rings is 1. The topological polar surface area (TPSA) is 71.0 Å². The summed E-state index contributed by atoms with van der Waals surface area (Å²) in [6.07, 6.45) is 1.69. The van der Waals surface area contributed by atoms with Crippen LogP contribution in [0.2, 0.25) is 0 Å². The number of carbonyl (C=O) groups is 1. The summed E-state index contributed by atoms with van der Waals surface area (Å²) in [7, 11) is 0. The van der Waals surface area contributed by atoms with Gasteiger partial charge in [0.1, 0.15) is 0 Å². The second-order valence-electron chi connectivity index (χ2n) is 5.08. The van der Waals surface area contributed by atoms with E-state index in [2.05, 4.69) is 5.32 Å². The Bertz CT molecular complexity index is 498. The van der Waals surface area contributed by atoms with Gasteiger partial charge in [-0.25, -0.2) is 4.79 Å². The lowest BCUT2D eigenvalue weighted by Gasteiger charge is -2.31. The quantitative estimate of drug-likeness (QED) is 0.863. The smallest absolute Gasteiger partial charge is 0.321 e. The van der Waals surface area contributed by atoms with Crippen LogP contribution in [0.3, 0.4) is 0 Å². The second kappa shape index (κ2) is 5.58. The van der Waals surface area contributed by atoms with Crippen molar-refractivity contribution in [3.05, 3.63) is 18.2 Å². The highest BCUT2D eigenvalue weighted by Crippen LogP contribution is 2.38. The molecule has 0 atom stereocenters. The molecule has 2 amide bonds. The zero-order valence-electron chi connectivity index (χ0n) is 11.2. The van der Waals surface area contributed by atoms with Gasteiger partial charge < -0.3 is 24.8 Å². The van der Waals surface area contributed by atoms with Crippen molar-refractivity contribution in [1.82, 2.24) is 4.90 Å². The van der Waals surface area contributed by atoms with Crippen molar-refractivity contribution in [2.45, 2.75) is 12.8 Å². The highest BCUT2D eigenvalue weighted by atomic mass is 16.7. The summed E-state index contributed by atoms with van der Waals surface area (Å²) in [5.74, 6) is 1.56. The molecule has 2 aliphatic rings. The second-order valence-corrected chi connectivity index (χ2v) is 5.08. The van der Waals surface area contributed by atoms with Gasteiger partial charge in [-0.2, -0.15) is 0 Å². The SMILES string of the molecule is O=C(Nc1cccc2c1OCO2)N1CCC(CO)CC1. The van der Waals surface area contributed by atoms with Crippen LogP contribution in [-0.4, -0.2) is 42.5 Å². The van der Waals surface area contributed by atoms with E-state index in [0.29, 0.717) is 36.2 Å². The maximum Gasteiger partial charge on any atom is 0.321 e. The number of carbonyl (C=O) groups excluding carboxylic acids is 1. The van der Waals surface area contributed by atoms with E-state index in [1.54, 1.807) is 11.0 Å². The lowest BCUT2D eigenvalue weighted by molar-refractivity contribution is 0.143. The van der Waals surface area contributed by atoms with Gasteiger partial charge in [-0.1, -0.05) is 6.07 Å². The van der Waals surface area contributed by atoms with Crippen LogP contribution >= 0.6 is 0 Å². The average molecular weight is 278 g/mol. The van der Waals surface area contributed by atoms with E-state index >= 15 is 0 Å². The van der Waals surface area contributed by atoms with Crippen molar-refractivity contribution in [1.29, 1.82) is 0 Å². The Labute approximate surface area is 117 Å². The third-order valence-electron chi connectivity index (χ3n) is 3.80. The first-order valence-corrected chi connectivity index (χ1v) is 6.83. The van der Waals surface area contributed by atoms with Gasteiger partial charge in [0.2, 0.25) is 6.79 Å². The van der Waals surface area contributed by atoms with Gasteiger partial charge in [0.05, 0.1) is 5.69 Å². The van der Waals surface area contributed by atoms with Gasteiger partial charge in [-0.15, -0.1) is 0 Å². The first-order chi connectivity index (χ1) is 9.78. The summed E-state index contributed by atoms with van der Waals surface area (Å²) in [6.45, 7) is 1.73. The molecule has 1 fully saturated rings. The number of nitrogens with one attached hydrogen (secondary N) is 1. The molecule has 1 aromatic rings. The van der Waals surface area contributed by atoms with E-state index in [1.807, 2.05) is 12.1 Å². The summed E-state index contributed by atoms with van der Waals surface area (Å²) in [5, 5.41) is 12.0. The number of amides is 2. The number of piperidine rings is 1. The summed E-state index contributed by atoms with van der Waals surface area (Å²) in [5.41, 5.74) is 0.634. The molecule has 2 heterocycles. The molecule has 2 N–H and O–H groups in total. The molecular formula is C14H18N2O4. The number of hydrogen-bond acceptors (Lipinski definition) is 4. The number of ether oxygens (including phenoxy) is 2. The fourth-order valence-electron chi connectivity index (χ4n) is 2.54. The average Bonchev–Trinajstić information content (AvgIpc) is 2.97. The Balaban J connectivity index is 1.64. The minimum Gasteiger partial charge on any atom is -0.454 e. The van der Waals surface area contributed by atoms with Crippen LogP contribution in [0, 0.1) is 5.92 Å². The zero-order chi connectivity index (χ0) is 13.9. The van der Waals surface area contributed by atoms with Gasteiger partial charge >= 0.3 is 6.03 Å². The van der Waals surface area contributed by atoms with Crippen LogP contribution < -0.4 is 14.8 Å². The normalized spacial score (nSPS) is 18.1. The maximum atomic E-state index is 12.2. The van der Waals surface area contributed by atoms with Gasteiger partial charge in [0.25, 0.3) is 0 Å². The number of fused-ring (bicyclic) bond motifs is 1. The van der Waals surface area contributed by atoms with Crippen LogP contribution in [-0.2, 0) is 0 Å². The van der Waals surface area contributed by atoms with Crippen LogP contribution in [0.5, 0.6) is 11.5 Å². The fraction of sp³-hybridized carbons (Fsp3) is 0.500. The number of hydrogen-bond donors (Lipinski definition) is 2. The monoisotopic (exact) mass is 278 g/mol. The molecule has 0 radical (unpaired) electrons. The predicted octanol–water partition coefficient (Wildman–Crippen LogP) is 1.65. The van der Waals surface area contributed by atoms with E-state index in [0.717, 1.165) is 12.8 Å². The highest BCUT2D eigenvalue weighted by molar-refractivity contribution is 5.91. The van der Waals surface area contributed by atoms with E-state index in [1.165, 1.54) is 0 Å². The molecule has 0 unspecified atom stereocenters. The first-order valence-electron chi connectivity index (χ1n) is 6.83. The third-order valence-corrected chi connectivity index (χ3v) is 3.80. The number of nitrogens with zero attached hydrogens (tertiary/aromatic N) is 1. The molecule has 0 saturated carbocycles.